The number of aliphatic imine (C=N–C) groups is 1. The van der Waals surface area contributed by atoms with Crippen LogP contribution in [-0.4, -0.2) is 17.5 Å². The summed E-state index contributed by atoms with van der Waals surface area (Å²) in [6.45, 7) is 3.12. The lowest BCUT2D eigenvalue weighted by molar-refractivity contribution is 0.572. The van der Waals surface area contributed by atoms with Gasteiger partial charge < -0.3 is 15.1 Å². The zero-order chi connectivity index (χ0) is 19.8. The summed E-state index contributed by atoms with van der Waals surface area (Å²) in [7, 11) is 0. The molecular formula is C21H20FN5O. The molecule has 2 aromatic carbocycles. The van der Waals surface area contributed by atoms with Crippen molar-refractivity contribution in [1.29, 1.82) is 5.26 Å². The van der Waals surface area contributed by atoms with Crippen LogP contribution in [0.4, 0.5) is 4.39 Å². The smallest absolute Gasteiger partial charge is 0.226 e. The number of hydrogen-bond acceptors (Lipinski definition) is 4. The summed E-state index contributed by atoms with van der Waals surface area (Å²) in [5.41, 5.74) is 2.40. The first-order valence-electron chi connectivity index (χ1n) is 8.90. The Bertz CT molecular complexity index is 992. The van der Waals surface area contributed by atoms with Crippen LogP contribution in [0.5, 0.6) is 0 Å². The SMILES string of the molecule is CCNC(=NCc1cc(C#N)ccc1F)NCc1coc(-c2ccccc2)n1. The summed E-state index contributed by atoms with van der Waals surface area (Å²) < 4.78 is 19.4. The molecule has 0 amide bonds. The molecule has 0 atom stereocenters. The Hall–Kier alpha value is -3.66. The number of nitrogens with zero attached hydrogens (tertiary/aromatic N) is 3. The van der Waals surface area contributed by atoms with E-state index < -0.39 is 0 Å². The summed E-state index contributed by atoms with van der Waals surface area (Å²) in [6, 6.07) is 15.9. The van der Waals surface area contributed by atoms with Crippen molar-refractivity contribution in [3.8, 4) is 17.5 Å². The fourth-order valence-corrected chi connectivity index (χ4v) is 2.55. The van der Waals surface area contributed by atoms with Crippen molar-refractivity contribution in [2.75, 3.05) is 6.54 Å². The molecular weight excluding hydrogens is 357 g/mol. The molecule has 0 saturated heterocycles. The number of oxazole rings is 1. The number of halogens is 1. The van der Waals surface area contributed by atoms with Crippen molar-refractivity contribution in [3.05, 3.63) is 77.4 Å². The van der Waals surface area contributed by atoms with Gasteiger partial charge in [-0.25, -0.2) is 14.4 Å². The van der Waals surface area contributed by atoms with Gasteiger partial charge in [-0.1, -0.05) is 18.2 Å². The van der Waals surface area contributed by atoms with Crippen LogP contribution in [0.3, 0.4) is 0 Å². The highest BCUT2D eigenvalue weighted by molar-refractivity contribution is 5.79. The predicted octanol–water partition coefficient (Wildman–Crippen LogP) is 3.61. The molecule has 6 nitrogen and oxygen atoms in total. The van der Waals surface area contributed by atoms with Gasteiger partial charge in [0, 0.05) is 17.7 Å². The van der Waals surface area contributed by atoms with Crippen molar-refractivity contribution in [1.82, 2.24) is 15.6 Å². The number of nitrogens with one attached hydrogen (secondary N) is 2. The number of guanidine groups is 1. The minimum atomic E-state index is -0.386. The fourth-order valence-electron chi connectivity index (χ4n) is 2.55. The molecule has 0 spiro atoms. The maximum Gasteiger partial charge on any atom is 0.226 e. The second kappa shape index (κ2) is 9.33. The monoisotopic (exact) mass is 377 g/mol. The first-order valence-corrected chi connectivity index (χ1v) is 8.90. The molecule has 1 heterocycles. The molecule has 3 aromatic rings. The molecule has 142 valence electrons. The van der Waals surface area contributed by atoms with Crippen LogP contribution in [0, 0.1) is 17.1 Å². The molecule has 2 N–H and O–H groups in total. The maximum absolute atomic E-state index is 13.9. The summed E-state index contributed by atoms with van der Waals surface area (Å²) in [4.78, 5) is 8.85. The van der Waals surface area contributed by atoms with Crippen LogP contribution in [0.25, 0.3) is 11.5 Å². The normalized spacial score (nSPS) is 11.1. The van der Waals surface area contributed by atoms with Crippen LogP contribution in [0.15, 0.2) is 64.2 Å². The Morgan fingerprint density at radius 3 is 2.79 bits per heavy atom. The summed E-state index contributed by atoms with van der Waals surface area (Å²) in [6.07, 6.45) is 1.59. The molecule has 0 bridgehead atoms. The van der Waals surface area contributed by atoms with E-state index in [-0.39, 0.29) is 12.4 Å². The highest BCUT2D eigenvalue weighted by Crippen LogP contribution is 2.17. The molecule has 0 fully saturated rings. The Labute approximate surface area is 162 Å². The van der Waals surface area contributed by atoms with Crippen molar-refractivity contribution in [2.45, 2.75) is 20.0 Å². The molecule has 7 heteroatoms. The number of aromatic nitrogens is 1. The van der Waals surface area contributed by atoms with E-state index in [0.717, 1.165) is 11.3 Å². The Morgan fingerprint density at radius 1 is 1.21 bits per heavy atom. The molecule has 0 radical (unpaired) electrons. The third kappa shape index (κ3) is 4.95. The molecule has 1 aromatic heterocycles. The van der Waals surface area contributed by atoms with E-state index in [1.807, 2.05) is 43.3 Å². The van der Waals surface area contributed by atoms with Crippen molar-refractivity contribution < 1.29 is 8.81 Å². The topological polar surface area (TPSA) is 86.2 Å². The van der Waals surface area contributed by atoms with Gasteiger partial charge in [0.15, 0.2) is 5.96 Å². The van der Waals surface area contributed by atoms with E-state index in [9.17, 15) is 4.39 Å². The second-order valence-electron chi connectivity index (χ2n) is 5.98. The van der Waals surface area contributed by atoms with Crippen molar-refractivity contribution >= 4 is 5.96 Å². The van der Waals surface area contributed by atoms with E-state index in [1.165, 1.54) is 18.2 Å². The predicted molar refractivity (Wildman–Crippen MR) is 105 cm³/mol. The maximum atomic E-state index is 13.9. The van der Waals surface area contributed by atoms with Gasteiger partial charge in [0.05, 0.1) is 30.4 Å². The van der Waals surface area contributed by atoms with E-state index in [2.05, 4.69) is 20.6 Å². The van der Waals surface area contributed by atoms with E-state index in [1.54, 1.807) is 6.26 Å². The lowest BCUT2D eigenvalue weighted by Gasteiger charge is -2.10. The van der Waals surface area contributed by atoms with Gasteiger partial charge in [-0.3, -0.25) is 0 Å². The Kier molecular flexibility index (Phi) is 6.37. The minimum Gasteiger partial charge on any atom is -0.444 e. The van der Waals surface area contributed by atoms with Crippen molar-refractivity contribution in [3.63, 3.8) is 0 Å². The van der Waals surface area contributed by atoms with E-state index >= 15 is 0 Å². The highest BCUT2D eigenvalue weighted by atomic mass is 19.1. The average Bonchev–Trinajstić information content (AvgIpc) is 3.21. The zero-order valence-corrected chi connectivity index (χ0v) is 15.4. The van der Waals surface area contributed by atoms with Gasteiger partial charge in [-0.15, -0.1) is 0 Å². The van der Waals surface area contributed by atoms with Crippen LogP contribution < -0.4 is 10.6 Å². The molecule has 0 aliphatic rings. The standard InChI is InChI=1S/C21H20FN5O/c1-2-24-21(25-12-17-10-15(11-23)8-9-19(17)22)26-13-18-14-28-20(27-18)16-6-4-3-5-7-16/h3-10,14H,2,12-13H2,1H3,(H2,24,25,26). The van der Waals surface area contributed by atoms with Crippen LogP contribution in [0.2, 0.25) is 0 Å². The third-order valence-corrected chi connectivity index (χ3v) is 3.94. The highest BCUT2D eigenvalue weighted by Gasteiger charge is 2.08. The lowest BCUT2D eigenvalue weighted by atomic mass is 10.1. The third-order valence-electron chi connectivity index (χ3n) is 3.94. The number of benzene rings is 2. The largest absolute Gasteiger partial charge is 0.444 e. The molecule has 3 rings (SSSR count). The molecule has 0 saturated carbocycles. The van der Waals surface area contributed by atoms with Crippen LogP contribution in [-0.2, 0) is 13.1 Å². The average molecular weight is 377 g/mol. The van der Waals surface area contributed by atoms with Gasteiger partial charge >= 0.3 is 0 Å². The van der Waals surface area contributed by atoms with E-state index in [0.29, 0.717) is 36.1 Å². The van der Waals surface area contributed by atoms with Crippen LogP contribution >= 0.6 is 0 Å². The van der Waals surface area contributed by atoms with Crippen LogP contribution in [0.1, 0.15) is 23.7 Å². The van der Waals surface area contributed by atoms with Gasteiger partial charge in [0.2, 0.25) is 5.89 Å². The quantitative estimate of drug-likeness (QED) is 0.506. The fraction of sp³-hybridized carbons (Fsp3) is 0.190. The summed E-state index contributed by atoms with van der Waals surface area (Å²) in [5, 5.41) is 15.2. The summed E-state index contributed by atoms with van der Waals surface area (Å²) in [5.74, 6) is 0.686. The molecule has 28 heavy (non-hydrogen) atoms. The van der Waals surface area contributed by atoms with Gasteiger partial charge in [-0.05, 0) is 37.3 Å². The number of nitriles is 1. The first kappa shape index (κ1) is 19.1. The second-order valence-corrected chi connectivity index (χ2v) is 5.98. The van der Waals surface area contributed by atoms with Gasteiger partial charge in [0.1, 0.15) is 12.1 Å². The van der Waals surface area contributed by atoms with Gasteiger partial charge in [-0.2, -0.15) is 5.26 Å². The molecule has 0 unspecified atom stereocenters. The molecule has 0 aliphatic carbocycles. The zero-order valence-electron chi connectivity index (χ0n) is 15.4. The first-order chi connectivity index (χ1) is 13.7. The number of hydrogen-bond donors (Lipinski definition) is 2. The minimum absolute atomic E-state index is 0.116. The Morgan fingerprint density at radius 2 is 2.04 bits per heavy atom. The molecule has 0 aliphatic heterocycles. The van der Waals surface area contributed by atoms with Gasteiger partial charge in [0.25, 0.3) is 0 Å². The van der Waals surface area contributed by atoms with Crippen molar-refractivity contribution in [2.24, 2.45) is 4.99 Å². The Balaban J connectivity index is 1.66. The summed E-state index contributed by atoms with van der Waals surface area (Å²) >= 11 is 0. The number of rotatable bonds is 6. The van der Waals surface area contributed by atoms with E-state index in [4.69, 9.17) is 9.68 Å². The lowest BCUT2D eigenvalue weighted by Crippen LogP contribution is -2.36.